The van der Waals surface area contributed by atoms with Crippen molar-refractivity contribution in [3.63, 3.8) is 0 Å². The Bertz CT molecular complexity index is 471. The standard InChI is InChI=1S/C15H19NO2S/c1-2-19-15-13-8-4-3-7-12(13)14(17)16(15)10-11-6-5-9-18-11/h3-4,7-8,11,15H,2,5-6,9-10H2,1H3/t11-,15+/m0/s1. The van der Waals surface area contributed by atoms with Crippen LogP contribution in [0.4, 0.5) is 0 Å². The van der Waals surface area contributed by atoms with Gasteiger partial charge in [-0.05, 0) is 30.2 Å². The number of rotatable bonds is 4. The third-order valence-corrected chi connectivity index (χ3v) is 4.91. The molecule has 2 atom stereocenters. The van der Waals surface area contributed by atoms with Crippen LogP contribution >= 0.6 is 11.8 Å². The normalized spacial score (nSPS) is 25.9. The molecule has 19 heavy (non-hydrogen) atoms. The van der Waals surface area contributed by atoms with E-state index in [-0.39, 0.29) is 17.4 Å². The van der Waals surface area contributed by atoms with Gasteiger partial charge >= 0.3 is 0 Å². The summed E-state index contributed by atoms with van der Waals surface area (Å²) in [6.45, 7) is 3.71. The van der Waals surface area contributed by atoms with E-state index in [0.717, 1.165) is 42.9 Å². The van der Waals surface area contributed by atoms with Crippen molar-refractivity contribution in [2.75, 3.05) is 18.9 Å². The summed E-state index contributed by atoms with van der Waals surface area (Å²) >= 11 is 1.83. The highest BCUT2D eigenvalue weighted by Crippen LogP contribution is 2.41. The van der Waals surface area contributed by atoms with Crippen LogP contribution in [-0.2, 0) is 4.74 Å². The largest absolute Gasteiger partial charge is 0.376 e. The topological polar surface area (TPSA) is 29.5 Å². The molecule has 0 N–H and O–H groups in total. The number of hydrogen-bond donors (Lipinski definition) is 0. The van der Waals surface area contributed by atoms with Crippen LogP contribution in [0.25, 0.3) is 0 Å². The summed E-state index contributed by atoms with van der Waals surface area (Å²) < 4.78 is 5.69. The monoisotopic (exact) mass is 277 g/mol. The molecule has 3 rings (SSSR count). The molecule has 1 aromatic rings. The Balaban J connectivity index is 1.84. The molecule has 0 aliphatic carbocycles. The van der Waals surface area contributed by atoms with Crippen LogP contribution in [0.15, 0.2) is 24.3 Å². The fraction of sp³-hybridized carbons (Fsp3) is 0.533. The summed E-state index contributed by atoms with van der Waals surface area (Å²) in [6, 6.07) is 7.98. The Morgan fingerprint density at radius 3 is 3.00 bits per heavy atom. The van der Waals surface area contributed by atoms with Crippen LogP contribution in [0, 0.1) is 0 Å². The summed E-state index contributed by atoms with van der Waals surface area (Å²) in [6.07, 6.45) is 2.41. The van der Waals surface area contributed by atoms with Gasteiger partial charge in [-0.3, -0.25) is 4.79 Å². The Morgan fingerprint density at radius 1 is 1.42 bits per heavy atom. The van der Waals surface area contributed by atoms with Crippen molar-refractivity contribution in [2.24, 2.45) is 0 Å². The highest BCUT2D eigenvalue weighted by molar-refractivity contribution is 7.99. The number of thioether (sulfide) groups is 1. The van der Waals surface area contributed by atoms with Crippen molar-refractivity contribution in [3.05, 3.63) is 35.4 Å². The lowest BCUT2D eigenvalue weighted by Gasteiger charge is -2.27. The fourth-order valence-corrected chi connectivity index (χ4v) is 3.92. The van der Waals surface area contributed by atoms with Gasteiger partial charge in [0.25, 0.3) is 5.91 Å². The van der Waals surface area contributed by atoms with Gasteiger partial charge in [0.15, 0.2) is 0 Å². The molecule has 2 heterocycles. The van der Waals surface area contributed by atoms with Gasteiger partial charge in [0.05, 0.1) is 6.10 Å². The van der Waals surface area contributed by atoms with Crippen LogP contribution in [0.3, 0.4) is 0 Å². The van der Waals surface area contributed by atoms with Crippen molar-refractivity contribution < 1.29 is 9.53 Å². The number of ether oxygens (including phenoxy) is 1. The van der Waals surface area contributed by atoms with Crippen molar-refractivity contribution in [1.29, 1.82) is 0 Å². The predicted molar refractivity (Wildman–Crippen MR) is 77.3 cm³/mol. The predicted octanol–water partition coefficient (Wildman–Crippen LogP) is 3.07. The van der Waals surface area contributed by atoms with Crippen LogP contribution in [-0.4, -0.2) is 35.8 Å². The van der Waals surface area contributed by atoms with Crippen molar-refractivity contribution in [1.82, 2.24) is 4.90 Å². The molecule has 102 valence electrons. The van der Waals surface area contributed by atoms with Gasteiger partial charge in [-0.1, -0.05) is 25.1 Å². The van der Waals surface area contributed by atoms with Gasteiger partial charge in [-0.25, -0.2) is 0 Å². The minimum atomic E-state index is 0.164. The maximum Gasteiger partial charge on any atom is 0.255 e. The van der Waals surface area contributed by atoms with Crippen LogP contribution < -0.4 is 0 Å². The SMILES string of the molecule is CCS[C@@H]1c2ccccc2C(=O)N1C[C@@H]1CCCO1. The smallest absolute Gasteiger partial charge is 0.255 e. The van der Waals surface area contributed by atoms with E-state index in [0.29, 0.717) is 0 Å². The first kappa shape index (κ1) is 13.0. The van der Waals surface area contributed by atoms with Crippen molar-refractivity contribution in [2.45, 2.75) is 31.2 Å². The maximum absolute atomic E-state index is 12.5. The minimum absolute atomic E-state index is 0.164. The van der Waals surface area contributed by atoms with Gasteiger partial charge in [0, 0.05) is 18.7 Å². The second-order valence-electron chi connectivity index (χ2n) is 4.99. The highest BCUT2D eigenvalue weighted by Gasteiger charge is 2.38. The molecule has 1 saturated heterocycles. The summed E-state index contributed by atoms with van der Waals surface area (Å²) in [5, 5.41) is 0.165. The zero-order valence-electron chi connectivity index (χ0n) is 11.2. The van der Waals surface area contributed by atoms with E-state index in [1.54, 1.807) is 0 Å². The van der Waals surface area contributed by atoms with Gasteiger partial charge in [0.1, 0.15) is 5.37 Å². The number of hydrogen-bond acceptors (Lipinski definition) is 3. The Morgan fingerprint density at radius 2 is 2.26 bits per heavy atom. The lowest BCUT2D eigenvalue weighted by atomic mass is 10.1. The number of benzene rings is 1. The maximum atomic E-state index is 12.5. The first-order chi connectivity index (χ1) is 9.31. The van der Waals surface area contributed by atoms with Gasteiger partial charge in [0.2, 0.25) is 0 Å². The van der Waals surface area contributed by atoms with E-state index < -0.39 is 0 Å². The molecule has 0 radical (unpaired) electrons. The lowest BCUT2D eigenvalue weighted by Crippen LogP contribution is -2.34. The number of carbonyl (C=O) groups excluding carboxylic acids is 1. The number of amides is 1. The van der Waals surface area contributed by atoms with Crippen LogP contribution in [0.5, 0.6) is 0 Å². The van der Waals surface area contributed by atoms with E-state index in [4.69, 9.17) is 4.74 Å². The van der Waals surface area contributed by atoms with Crippen molar-refractivity contribution in [3.8, 4) is 0 Å². The number of fused-ring (bicyclic) bond motifs is 1. The summed E-state index contributed by atoms with van der Waals surface area (Å²) in [5.41, 5.74) is 2.03. The van der Waals surface area contributed by atoms with Gasteiger partial charge < -0.3 is 9.64 Å². The van der Waals surface area contributed by atoms with Gasteiger partial charge in [-0.15, -0.1) is 11.8 Å². The Kier molecular flexibility index (Phi) is 3.80. The molecule has 0 unspecified atom stereocenters. The first-order valence-corrected chi connectivity index (χ1v) is 7.99. The van der Waals surface area contributed by atoms with E-state index in [1.807, 2.05) is 34.9 Å². The third kappa shape index (κ3) is 2.39. The van der Waals surface area contributed by atoms with Crippen molar-refractivity contribution >= 4 is 17.7 Å². The van der Waals surface area contributed by atoms with E-state index in [9.17, 15) is 4.79 Å². The molecule has 0 saturated carbocycles. The molecule has 3 nitrogen and oxygen atoms in total. The highest BCUT2D eigenvalue weighted by atomic mass is 32.2. The Hall–Kier alpha value is -1.00. The summed E-state index contributed by atoms with van der Waals surface area (Å²) in [7, 11) is 0. The molecule has 0 aromatic heterocycles. The minimum Gasteiger partial charge on any atom is -0.376 e. The molecule has 0 spiro atoms. The molecule has 2 aliphatic rings. The van der Waals surface area contributed by atoms with Crippen LogP contribution in [0.1, 0.15) is 41.1 Å². The molecule has 4 heteroatoms. The van der Waals surface area contributed by atoms with Gasteiger partial charge in [-0.2, -0.15) is 0 Å². The average Bonchev–Trinajstić information content (AvgIpc) is 3.02. The summed E-state index contributed by atoms with van der Waals surface area (Å²) in [4.78, 5) is 14.5. The fourth-order valence-electron chi connectivity index (χ4n) is 2.86. The quantitative estimate of drug-likeness (QED) is 0.847. The average molecular weight is 277 g/mol. The van der Waals surface area contributed by atoms with E-state index in [2.05, 4.69) is 13.0 Å². The second kappa shape index (κ2) is 5.55. The number of nitrogens with zero attached hydrogens (tertiary/aromatic N) is 1. The number of carbonyl (C=O) groups is 1. The lowest BCUT2D eigenvalue weighted by molar-refractivity contribution is 0.0537. The Labute approximate surface area is 118 Å². The van der Waals surface area contributed by atoms with Crippen LogP contribution in [0.2, 0.25) is 0 Å². The molecular formula is C15H19NO2S. The molecule has 1 aromatic carbocycles. The molecule has 0 bridgehead atoms. The zero-order valence-corrected chi connectivity index (χ0v) is 12.0. The second-order valence-corrected chi connectivity index (χ2v) is 6.34. The molecule has 1 amide bonds. The third-order valence-electron chi connectivity index (χ3n) is 3.75. The van der Waals surface area contributed by atoms with E-state index in [1.165, 1.54) is 0 Å². The molecule has 2 aliphatic heterocycles. The zero-order chi connectivity index (χ0) is 13.2. The molecular weight excluding hydrogens is 258 g/mol. The first-order valence-electron chi connectivity index (χ1n) is 6.94. The van der Waals surface area contributed by atoms with E-state index >= 15 is 0 Å². The molecule has 1 fully saturated rings. The summed E-state index contributed by atoms with van der Waals surface area (Å²) in [5.74, 6) is 1.17.